The molecule has 0 saturated carbocycles. The highest BCUT2D eigenvalue weighted by molar-refractivity contribution is 7.20. The van der Waals surface area contributed by atoms with Crippen LogP contribution < -0.4 is 5.73 Å². The standard InChI is InChI=1S/C8H7N3OS/c1-4-3-10-8-5(11-4)2-6(13-8)7(9)12/h2-3H,1H3,(H2,9,12). The average Bonchev–Trinajstić information content (AvgIpc) is 2.46. The van der Waals surface area contributed by atoms with E-state index in [-0.39, 0.29) is 0 Å². The SMILES string of the molecule is Cc1cnc2sc(C(N)=O)cc2n1. The number of nitrogens with zero attached hydrogens (tertiary/aromatic N) is 2. The van der Waals surface area contributed by atoms with Crippen LogP contribution in [0.4, 0.5) is 0 Å². The van der Waals surface area contributed by atoms with Crippen molar-refractivity contribution in [2.45, 2.75) is 6.92 Å². The van der Waals surface area contributed by atoms with Gasteiger partial charge in [0.1, 0.15) is 10.3 Å². The molecule has 5 heteroatoms. The van der Waals surface area contributed by atoms with Crippen LogP contribution in [0.25, 0.3) is 10.3 Å². The van der Waals surface area contributed by atoms with E-state index in [0.717, 1.165) is 16.0 Å². The summed E-state index contributed by atoms with van der Waals surface area (Å²) < 4.78 is 0. The molecule has 0 radical (unpaired) electrons. The van der Waals surface area contributed by atoms with Crippen molar-refractivity contribution in [2.24, 2.45) is 5.73 Å². The Labute approximate surface area is 78.4 Å². The maximum Gasteiger partial charge on any atom is 0.258 e. The van der Waals surface area contributed by atoms with Crippen LogP contribution in [-0.4, -0.2) is 15.9 Å². The van der Waals surface area contributed by atoms with Crippen molar-refractivity contribution in [3.63, 3.8) is 0 Å². The lowest BCUT2D eigenvalue weighted by Gasteiger charge is -1.88. The fourth-order valence-corrected chi connectivity index (χ4v) is 1.83. The molecule has 13 heavy (non-hydrogen) atoms. The first-order valence-electron chi connectivity index (χ1n) is 3.70. The Balaban J connectivity index is 2.68. The van der Waals surface area contributed by atoms with Gasteiger partial charge in [0.25, 0.3) is 5.91 Å². The Morgan fingerprint density at radius 2 is 2.38 bits per heavy atom. The van der Waals surface area contributed by atoms with Gasteiger partial charge in [-0.1, -0.05) is 0 Å². The van der Waals surface area contributed by atoms with Crippen LogP contribution in [0.2, 0.25) is 0 Å². The minimum absolute atomic E-state index is 0.428. The Kier molecular flexibility index (Phi) is 1.73. The molecule has 0 fully saturated rings. The molecule has 0 atom stereocenters. The molecule has 1 amide bonds. The molecule has 2 rings (SSSR count). The highest BCUT2D eigenvalue weighted by Crippen LogP contribution is 2.21. The van der Waals surface area contributed by atoms with Gasteiger partial charge in [-0.15, -0.1) is 11.3 Å². The van der Waals surface area contributed by atoms with Gasteiger partial charge in [-0.2, -0.15) is 0 Å². The molecule has 0 bridgehead atoms. The van der Waals surface area contributed by atoms with Crippen molar-refractivity contribution >= 4 is 27.6 Å². The molecule has 0 aliphatic rings. The average molecular weight is 193 g/mol. The first-order valence-corrected chi connectivity index (χ1v) is 4.51. The first kappa shape index (κ1) is 8.12. The molecule has 0 aliphatic heterocycles. The number of carbonyl (C=O) groups excluding carboxylic acids is 1. The zero-order valence-electron chi connectivity index (χ0n) is 6.94. The maximum atomic E-state index is 10.8. The Morgan fingerprint density at radius 1 is 1.62 bits per heavy atom. The van der Waals surface area contributed by atoms with Crippen molar-refractivity contribution in [3.8, 4) is 0 Å². The van der Waals surface area contributed by atoms with Gasteiger partial charge in [0.05, 0.1) is 10.6 Å². The second-order valence-electron chi connectivity index (χ2n) is 2.68. The highest BCUT2D eigenvalue weighted by atomic mass is 32.1. The van der Waals surface area contributed by atoms with E-state index in [1.54, 1.807) is 12.3 Å². The Morgan fingerprint density at radius 3 is 3.08 bits per heavy atom. The third-order valence-electron chi connectivity index (χ3n) is 1.60. The minimum Gasteiger partial charge on any atom is -0.365 e. The topological polar surface area (TPSA) is 68.9 Å². The lowest BCUT2D eigenvalue weighted by atomic mass is 10.4. The molecule has 2 N–H and O–H groups in total. The molecule has 4 nitrogen and oxygen atoms in total. The van der Waals surface area contributed by atoms with Gasteiger partial charge >= 0.3 is 0 Å². The van der Waals surface area contributed by atoms with E-state index < -0.39 is 5.91 Å². The van der Waals surface area contributed by atoms with Gasteiger partial charge < -0.3 is 5.73 Å². The third-order valence-corrected chi connectivity index (χ3v) is 2.65. The van der Waals surface area contributed by atoms with Gasteiger partial charge in [0.15, 0.2) is 0 Å². The van der Waals surface area contributed by atoms with E-state index in [1.165, 1.54) is 11.3 Å². The van der Waals surface area contributed by atoms with Crippen LogP contribution in [0.5, 0.6) is 0 Å². The fraction of sp³-hybridized carbons (Fsp3) is 0.125. The maximum absolute atomic E-state index is 10.8. The predicted octanol–water partition coefficient (Wildman–Crippen LogP) is 1.10. The quantitative estimate of drug-likeness (QED) is 0.737. The van der Waals surface area contributed by atoms with Crippen LogP contribution in [0, 0.1) is 6.92 Å². The second-order valence-corrected chi connectivity index (χ2v) is 3.71. The summed E-state index contributed by atoms with van der Waals surface area (Å²) in [7, 11) is 0. The summed E-state index contributed by atoms with van der Waals surface area (Å²) in [6.07, 6.45) is 1.67. The minimum atomic E-state index is -0.428. The first-order chi connectivity index (χ1) is 6.16. The van der Waals surface area contributed by atoms with Gasteiger partial charge in [-0.05, 0) is 13.0 Å². The summed E-state index contributed by atoms with van der Waals surface area (Å²) in [6, 6.07) is 1.67. The highest BCUT2D eigenvalue weighted by Gasteiger charge is 2.07. The van der Waals surface area contributed by atoms with Crippen molar-refractivity contribution in [1.82, 2.24) is 9.97 Å². The summed E-state index contributed by atoms with van der Waals surface area (Å²) >= 11 is 1.27. The van der Waals surface area contributed by atoms with E-state index in [0.29, 0.717) is 4.88 Å². The fourth-order valence-electron chi connectivity index (χ4n) is 1.04. The van der Waals surface area contributed by atoms with Gasteiger partial charge in [-0.25, -0.2) is 9.97 Å². The summed E-state index contributed by atoms with van der Waals surface area (Å²) in [5.74, 6) is -0.428. The van der Waals surface area contributed by atoms with Crippen molar-refractivity contribution in [2.75, 3.05) is 0 Å². The third kappa shape index (κ3) is 1.38. The molecule has 0 aliphatic carbocycles. The molecule has 2 heterocycles. The summed E-state index contributed by atoms with van der Waals surface area (Å²) in [5, 5.41) is 0. The van der Waals surface area contributed by atoms with Crippen molar-refractivity contribution in [1.29, 1.82) is 0 Å². The summed E-state index contributed by atoms with van der Waals surface area (Å²) in [4.78, 5) is 20.4. The lowest BCUT2D eigenvalue weighted by Crippen LogP contribution is -2.08. The second kappa shape index (κ2) is 2.77. The number of aryl methyl sites for hydroxylation is 1. The van der Waals surface area contributed by atoms with Gasteiger partial charge in [0.2, 0.25) is 0 Å². The molecule has 2 aromatic rings. The number of rotatable bonds is 1. The molecule has 0 saturated heterocycles. The molecule has 0 aromatic carbocycles. The number of hydrogen-bond acceptors (Lipinski definition) is 4. The largest absolute Gasteiger partial charge is 0.365 e. The van der Waals surface area contributed by atoms with Gasteiger partial charge in [0, 0.05) is 6.20 Å². The normalized spacial score (nSPS) is 10.5. The molecule has 66 valence electrons. The van der Waals surface area contributed by atoms with E-state index >= 15 is 0 Å². The van der Waals surface area contributed by atoms with E-state index in [1.807, 2.05) is 6.92 Å². The smallest absolute Gasteiger partial charge is 0.258 e. The molecular formula is C8H7N3OS. The number of fused-ring (bicyclic) bond motifs is 1. The molecule has 2 aromatic heterocycles. The Bertz CT molecular complexity index is 477. The number of nitrogens with two attached hydrogens (primary N) is 1. The van der Waals surface area contributed by atoms with E-state index in [4.69, 9.17) is 5.73 Å². The monoisotopic (exact) mass is 193 g/mol. The van der Waals surface area contributed by atoms with Gasteiger partial charge in [-0.3, -0.25) is 4.79 Å². The van der Waals surface area contributed by atoms with E-state index in [2.05, 4.69) is 9.97 Å². The zero-order valence-corrected chi connectivity index (χ0v) is 7.76. The molecule has 0 unspecified atom stereocenters. The number of amides is 1. The zero-order chi connectivity index (χ0) is 9.42. The lowest BCUT2D eigenvalue weighted by molar-refractivity contribution is 0.100. The van der Waals surface area contributed by atoms with Crippen LogP contribution in [0.1, 0.15) is 15.4 Å². The Hall–Kier alpha value is -1.49. The summed E-state index contributed by atoms with van der Waals surface area (Å²) in [5.41, 5.74) is 6.70. The molecular weight excluding hydrogens is 186 g/mol. The van der Waals surface area contributed by atoms with Crippen molar-refractivity contribution < 1.29 is 4.79 Å². The predicted molar refractivity (Wildman–Crippen MR) is 50.7 cm³/mol. The van der Waals surface area contributed by atoms with Crippen LogP contribution in [0.3, 0.4) is 0 Å². The number of thiophene rings is 1. The summed E-state index contributed by atoms with van der Waals surface area (Å²) in [6.45, 7) is 1.86. The van der Waals surface area contributed by atoms with Crippen LogP contribution in [0.15, 0.2) is 12.3 Å². The van der Waals surface area contributed by atoms with Crippen LogP contribution >= 0.6 is 11.3 Å². The number of hydrogen-bond donors (Lipinski definition) is 1. The number of carbonyl (C=O) groups is 1. The number of aromatic nitrogens is 2. The van der Waals surface area contributed by atoms with Crippen LogP contribution in [-0.2, 0) is 0 Å². The van der Waals surface area contributed by atoms with E-state index in [9.17, 15) is 4.79 Å². The van der Waals surface area contributed by atoms with Crippen molar-refractivity contribution in [3.05, 3.63) is 22.8 Å². The molecule has 0 spiro atoms. The number of primary amides is 1.